The number of carbonyl (C=O) groups excluding carboxylic acids is 2. The number of hydrogen-bond donors (Lipinski definition) is 0. The van der Waals surface area contributed by atoms with E-state index in [1.54, 1.807) is 4.90 Å². The van der Waals surface area contributed by atoms with Crippen molar-refractivity contribution in [2.75, 3.05) is 60.4 Å². The van der Waals surface area contributed by atoms with Crippen LogP contribution in [0.1, 0.15) is 59.7 Å². The van der Waals surface area contributed by atoms with E-state index in [2.05, 4.69) is 9.80 Å². The number of carbonyl (C=O) groups is 2. The van der Waals surface area contributed by atoms with Crippen LogP contribution in [-0.2, 0) is 4.79 Å². The summed E-state index contributed by atoms with van der Waals surface area (Å²) in [5.41, 5.74) is 0.712. The Balaban J connectivity index is 1.44. The molecular weight excluding hydrogens is 539 g/mol. The zero-order chi connectivity index (χ0) is 27.3. The number of piperidine rings is 2. The van der Waals surface area contributed by atoms with Gasteiger partial charge in [-0.1, -0.05) is 41.8 Å². The second-order valence-corrected chi connectivity index (χ2v) is 12.7. The molecule has 208 valence electrons. The van der Waals surface area contributed by atoms with Crippen LogP contribution in [0.5, 0.6) is 0 Å². The van der Waals surface area contributed by atoms with Gasteiger partial charge in [0.05, 0.1) is 14.9 Å². The van der Waals surface area contributed by atoms with Gasteiger partial charge < -0.3 is 14.7 Å². The third-order valence-electron chi connectivity index (χ3n) is 8.23. The predicted octanol–water partition coefficient (Wildman–Crippen LogP) is 5.71. The van der Waals surface area contributed by atoms with Crippen molar-refractivity contribution in [2.24, 2.45) is 0 Å². The minimum absolute atomic E-state index is 0.0385. The van der Waals surface area contributed by atoms with Crippen molar-refractivity contribution in [3.05, 3.63) is 56.2 Å². The molecular formula is C29H40Cl2N4O2S. The van der Waals surface area contributed by atoms with E-state index in [-0.39, 0.29) is 23.3 Å². The molecule has 2 aromatic rings. The highest BCUT2D eigenvalue weighted by Gasteiger charge is 2.47. The van der Waals surface area contributed by atoms with Crippen LogP contribution in [0.3, 0.4) is 0 Å². The predicted molar refractivity (Wildman–Crippen MR) is 158 cm³/mol. The molecule has 3 heterocycles. The second-order valence-electron chi connectivity index (χ2n) is 10.9. The zero-order valence-electron chi connectivity index (χ0n) is 22.8. The molecule has 0 aliphatic carbocycles. The zero-order valence-corrected chi connectivity index (χ0v) is 25.1. The highest BCUT2D eigenvalue weighted by Crippen LogP contribution is 2.34. The molecule has 1 aromatic heterocycles. The maximum atomic E-state index is 13.4. The molecule has 0 N–H and O–H groups in total. The minimum atomic E-state index is -0.378. The normalized spacial score (nSPS) is 19.2. The van der Waals surface area contributed by atoms with Crippen LogP contribution in [0.4, 0.5) is 0 Å². The Kier molecular flexibility index (Phi) is 10.1. The Bertz CT molecular complexity index is 1080. The molecule has 38 heavy (non-hydrogen) atoms. The van der Waals surface area contributed by atoms with Crippen LogP contribution in [-0.4, -0.2) is 97.4 Å². The van der Waals surface area contributed by atoms with Crippen LogP contribution in [0.15, 0.2) is 35.7 Å². The number of likely N-dealkylation sites (N-methyl/N-ethyl adjacent to an activating group) is 2. The van der Waals surface area contributed by atoms with Gasteiger partial charge >= 0.3 is 0 Å². The maximum absolute atomic E-state index is 13.4. The number of halogens is 2. The van der Waals surface area contributed by atoms with Crippen LogP contribution in [0, 0.1) is 0 Å². The summed E-state index contributed by atoms with van der Waals surface area (Å²) in [5, 5.41) is 3.00. The summed E-state index contributed by atoms with van der Waals surface area (Å²) in [6.07, 6.45) is 6.22. The number of likely N-dealkylation sites (tertiary alicyclic amines) is 2. The fourth-order valence-corrected chi connectivity index (χ4v) is 7.04. The molecule has 0 saturated carbocycles. The van der Waals surface area contributed by atoms with Gasteiger partial charge in [0.25, 0.3) is 5.91 Å². The third kappa shape index (κ3) is 6.73. The van der Waals surface area contributed by atoms with Crippen molar-refractivity contribution in [1.29, 1.82) is 0 Å². The summed E-state index contributed by atoms with van der Waals surface area (Å²) in [7, 11) is 5.64. The molecule has 2 aliphatic rings. The Morgan fingerprint density at radius 2 is 1.71 bits per heavy atom. The molecule has 0 bridgehead atoms. The second kappa shape index (κ2) is 13.1. The summed E-state index contributed by atoms with van der Waals surface area (Å²) in [5.74, 6) is 0.411. The molecule has 2 fully saturated rings. The average molecular weight is 580 g/mol. The van der Waals surface area contributed by atoms with Gasteiger partial charge in [0.2, 0.25) is 5.91 Å². The first-order chi connectivity index (χ1) is 18.2. The molecule has 1 unspecified atom stereocenters. The lowest BCUT2D eigenvalue weighted by Crippen LogP contribution is -2.64. The van der Waals surface area contributed by atoms with E-state index in [9.17, 15) is 9.59 Å². The van der Waals surface area contributed by atoms with E-state index in [0.717, 1.165) is 62.4 Å². The number of nitrogens with zero attached hydrogens (tertiary/aromatic N) is 4. The quantitative estimate of drug-likeness (QED) is 0.382. The topological polar surface area (TPSA) is 47.1 Å². The molecule has 9 heteroatoms. The number of thiophene rings is 1. The molecule has 0 spiro atoms. The van der Waals surface area contributed by atoms with Crippen molar-refractivity contribution in [2.45, 2.75) is 50.0 Å². The van der Waals surface area contributed by atoms with Crippen molar-refractivity contribution in [3.8, 4) is 0 Å². The van der Waals surface area contributed by atoms with E-state index in [1.165, 1.54) is 30.6 Å². The Morgan fingerprint density at radius 3 is 2.32 bits per heavy atom. The molecule has 0 radical (unpaired) electrons. The van der Waals surface area contributed by atoms with Crippen LogP contribution >= 0.6 is 34.5 Å². The summed E-state index contributed by atoms with van der Waals surface area (Å²) < 4.78 is 0. The van der Waals surface area contributed by atoms with Crippen molar-refractivity contribution < 1.29 is 9.59 Å². The van der Waals surface area contributed by atoms with Gasteiger partial charge in [0.1, 0.15) is 5.54 Å². The van der Waals surface area contributed by atoms with Gasteiger partial charge in [0.15, 0.2) is 0 Å². The monoisotopic (exact) mass is 578 g/mol. The van der Waals surface area contributed by atoms with Crippen LogP contribution in [0.2, 0.25) is 10.0 Å². The van der Waals surface area contributed by atoms with E-state index in [1.807, 2.05) is 61.8 Å². The fourth-order valence-electron chi connectivity index (χ4n) is 6.02. The van der Waals surface area contributed by atoms with Crippen molar-refractivity contribution >= 4 is 46.4 Å². The first kappa shape index (κ1) is 29.3. The van der Waals surface area contributed by atoms with Gasteiger partial charge in [-0.05, 0) is 80.9 Å². The Labute approximate surface area is 241 Å². The molecule has 2 aliphatic heterocycles. The molecule has 2 amide bonds. The molecule has 4 rings (SSSR count). The van der Waals surface area contributed by atoms with E-state index in [4.69, 9.17) is 23.2 Å². The smallest absolute Gasteiger partial charge is 0.263 e. The summed E-state index contributed by atoms with van der Waals surface area (Å²) in [6, 6.07) is 9.58. The lowest BCUT2D eigenvalue weighted by atomic mass is 9.82. The summed E-state index contributed by atoms with van der Waals surface area (Å²) in [4.78, 5) is 35.7. The lowest BCUT2D eigenvalue weighted by Gasteiger charge is -2.50. The highest BCUT2D eigenvalue weighted by molar-refractivity contribution is 7.12. The summed E-state index contributed by atoms with van der Waals surface area (Å²) >= 11 is 14.1. The Hall–Kier alpha value is -1.64. The highest BCUT2D eigenvalue weighted by atomic mass is 35.5. The standard InChI is InChI=1S/C29H40Cl2N4O2S/c1-32(2)28(37)29(35-14-5-4-6-15-35)12-17-34(18-13-29)16-11-23(22-9-10-24(30)25(31)20-22)21-33(3)27(36)26-8-7-19-38-26/h7-10,19-20,23H,4-6,11-18,21H2,1-3H3. The van der Waals surface area contributed by atoms with Crippen molar-refractivity contribution in [1.82, 2.24) is 19.6 Å². The Morgan fingerprint density at radius 1 is 1.00 bits per heavy atom. The first-order valence-electron chi connectivity index (χ1n) is 13.6. The lowest BCUT2D eigenvalue weighted by molar-refractivity contribution is -0.147. The number of benzene rings is 1. The number of rotatable bonds is 9. The third-order valence-corrected chi connectivity index (χ3v) is 9.83. The van der Waals surface area contributed by atoms with E-state index < -0.39 is 0 Å². The SMILES string of the molecule is CN(C)C(=O)C1(N2CCCCC2)CCN(CCC(CN(C)C(=O)c2cccs2)c2ccc(Cl)c(Cl)c2)CC1. The molecule has 1 atom stereocenters. The van der Waals surface area contributed by atoms with E-state index >= 15 is 0 Å². The molecule has 6 nitrogen and oxygen atoms in total. The van der Waals surface area contributed by atoms with Crippen LogP contribution in [0.25, 0.3) is 0 Å². The fraction of sp³-hybridized carbons (Fsp3) is 0.586. The maximum Gasteiger partial charge on any atom is 0.263 e. The van der Waals surface area contributed by atoms with E-state index in [0.29, 0.717) is 16.6 Å². The van der Waals surface area contributed by atoms with Gasteiger partial charge in [0, 0.05) is 46.7 Å². The minimum Gasteiger partial charge on any atom is -0.347 e. The summed E-state index contributed by atoms with van der Waals surface area (Å²) in [6.45, 7) is 5.33. The average Bonchev–Trinajstić information content (AvgIpc) is 3.47. The number of hydrogen-bond acceptors (Lipinski definition) is 5. The number of amides is 2. The van der Waals surface area contributed by atoms with Gasteiger partial charge in [-0.15, -0.1) is 11.3 Å². The largest absolute Gasteiger partial charge is 0.347 e. The molecule has 2 saturated heterocycles. The van der Waals surface area contributed by atoms with Crippen molar-refractivity contribution in [3.63, 3.8) is 0 Å². The van der Waals surface area contributed by atoms with Crippen LogP contribution < -0.4 is 0 Å². The molecule has 1 aromatic carbocycles. The van der Waals surface area contributed by atoms with Gasteiger partial charge in [-0.3, -0.25) is 14.5 Å². The van der Waals surface area contributed by atoms with Gasteiger partial charge in [-0.25, -0.2) is 0 Å². The van der Waals surface area contributed by atoms with Gasteiger partial charge in [-0.2, -0.15) is 0 Å². The first-order valence-corrected chi connectivity index (χ1v) is 15.3.